The fourth-order valence-corrected chi connectivity index (χ4v) is 4.33. The highest BCUT2D eigenvalue weighted by atomic mass is 32.2. The molecule has 1 heterocycles. The topological polar surface area (TPSA) is 46.9 Å². The second kappa shape index (κ2) is 8.76. The lowest BCUT2D eigenvalue weighted by atomic mass is 9.95. The van der Waals surface area contributed by atoms with Crippen molar-refractivity contribution in [2.24, 2.45) is 0 Å². The Morgan fingerprint density at radius 3 is 2.52 bits per heavy atom. The molecule has 0 aliphatic heterocycles. The van der Waals surface area contributed by atoms with Crippen LogP contribution in [-0.2, 0) is 4.79 Å². The summed E-state index contributed by atoms with van der Waals surface area (Å²) in [5, 5.41) is 4.13. The Bertz CT molecular complexity index is 517. The number of nitrogens with zero attached hydrogens (tertiary/aromatic N) is 2. The number of thioether (sulfide) groups is 1. The highest BCUT2D eigenvalue weighted by molar-refractivity contribution is 7.99. The van der Waals surface area contributed by atoms with Crippen LogP contribution in [0.5, 0.6) is 0 Å². The lowest BCUT2D eigenvalue weighted by molar-refractivity contribution is -0.119. The lowest BCUT2D eigenvalue weighted by Crippen LogP contribution is -2.35. The fourth-order valence-electron chi connectivity index (χ4n) is 3.36. The average molecular weight is 338 g/mol. The maximum atomic E-state index is 12.2. The van der Waals surface area contributed by atoms with E-state index in [1.54, 1.807) is 11.8 Å². The van der Waals surface area contributed by atoms with Crippen LogP contribution in [-0.4, -0.2) is 27.3 Å². The largest absolute Gasteiger partial charge is 0.353 e. The van der Waals surface area contributed by atoms with Crippen molar-refractivity contribution in [2.45, 2.75) is 89.9 Å². The monoisotopic (exact) mass is 337 g/mol. The van der Waals surface area contributed by atoms with E-state index in [0.717, 1.165) is 23.7 Å². The fraction of sp³-hybridized carbons (Fsp3) is 0.778. The van der Waals surface area contributed by atoms with E-state index in [2.05, 4.69) is 37.6 Å². The predicted molar refractivity (Wildman–Crippen MR) is 97.1 cm³/mol. The van der Waals surface area contributed by atoms with Gasteiger partial charge in [-0.05, 0) is 39.5 Å². The summed E-state index contributed by atoms with van der Waals surface area (Å²) >= 11 is 1.59. The van der Waals surface area contributed by atoms with Gasteiger partial charge in [-0.3, -0.25) is 4.79 Å². The Kier molecular flexibility index (Phi) is 7.00. The van der Waals surface area contributed by atoms with Crippen LogP contribution < -0.4 is 5.32 Å². The van der Waals surface area contributed by atoms with Gasteiger partial charge in [-0.2, -0.15) is 0 Å². The number of hydrogen-bond donors (Lipinski definition) is 1. The van der Waals surface area contributed by atoms with Crippen molar-refractivity contribution in [3.63, 3.8) is 0 Å². The summed E-state index contributed by atoms with van der Waals surface area (Å²) in [7, 11) is 0. The van der Waals surface area contributed by atoms with E-state index in [0.29, 0.717) is 17.8 Å². The minimum absolute atomic E-state index is 0.122. The standard InChI is InChI=1S/C18H31N3OS/c1-5-15(6-2)20-17(22)12-23-18-19-13(3)14(4)21(18)16-10-8-7-9-11-16/h15-16H,5-12H2,1-4H3,(H,20,22). The number of aryl methyl sites for hydroxylation is 1. The van der Waals surface area contributed by atoms with E-state index in [-0.39, 0.29) is 5.91 Å². The quantitative estimate of drug-likeness (QED) is 0.750. The summed E-state index contributed by atoms with van der Waals surface area (Å²) in [4.78, 5) is 16.9. The van der Waals surface area contributed by atoms with Crippen LogP contribution in [0.2, 0.25) is 0 Å². The zero-order chi connectivity index (χ0) is 16.8. The number of carbonyl (C=O) groups excluding carboxylic acids is 1. The van der Waals surface area contributed by atoms with Crippen molar-refractivity contribution in [1.29, 1.82) is 0 Å². The molecule has 0 radical (unpaired) electrons. The van der Waals surface area contributed by atoms with Crippen molar-refractivity contribution in [2.75, 3.05) is 5.75 Å². The van der Waals surface area contributed by atoms with Gasteiger partial charge in [-0.1, -0.05) is 44.9 Å². The van der Waals surface area contributed by atoms with E-state index in [9.17, 15) is 4.79 Å². The maximum absolute atomic E-state index is 12.2. The van der Waals surface area contributed by atoms with E-state index in [1.807, 2.05) is 0 Å². The molecule has 130 valence electrons. The van der Waals surface area contributed by atoms with Crippen molar-refractivity contribution >= 4 is 17.7 Å². The normalized spacial score (nSPS) is 16.0. The molecule has 0 unspecified atom stereocenters. The first kappa shape index (κ1) is 18.4. The van der Waals surface area contributed by atoms with Gasteiger partial charge in [0.15, 0.2) is 5.16 Å². The van der Waals surface area contributed by atoms with Crippen LogP contribution in [0.1, 0.15) is 76.2 Å². The molecule has 1 amide bonds. The van der Waals surface area contributed by atoms with Crippen LogP contribution in [0.15, 0.2) is 5.16 Å². The van der Waals surface area contributed by atoms with Crippen LogP contribution in [0.4, 0.5) is 0 Å². The average Bonchev–Trinajstić information content (AvgIpc) is 2.86. The molecule has 1 aromatic rings. The molecule has 2 rings (SSSR count). The summed E-state index contributed by atoms with van der Waals surface area (Å²) in [6.07, 6.45) is 8.42. The Balaban J connectivity index is 2.02. The first-order valence-corrected chi connectivity index (χ1v) is 10.0. The molecule has 0 spiro atoms. The molecule has 1 aliphatic rings. The van der Waals surface area contributed by atoms with Gasteiger partial charge in [0, 0.05) is 17.8 Å². The molecule has 0 aromatic carbocycles. The molecule has 5 heteroatoms. The third-order valence-corrected chi connectivity index (χ3v) is 5.93. The van der Waals surface area contributed by atoms with Gasteiger partial charge in [-0.25, -0.2) is 4.98 Å². The van der Waals surface area contributed by atoms with Gasteiger partial charge < -0.3 is 9.88 Å². The van der Waals surface area contributed by atoms with Crippen LogP contribution in [0.25, 0.3) is 0 Å². The van der Waals surface area contributed by atoms with Crippen molar-refractivity contribution < 1.29 is 4.79 Å². The number of rotatable bonds is 7. The van der Waals surface area contributed by atoms with Gasteiger partial charge in [0.1, 0.15) is 0 Å². The number of carbonyl (C=O) groups is 1. The molecular weight excluding hydrogens is 306 g/mol. The van der Waals surface area contributed by atoms with Gasteiger partial charge in [0.2, 0.25) is 5.91 Å². The minimum atomic E-state index is 0.122. The Morgan fingerprint density at radius 1 is 1.26 bits per heavy atom. The smallest absolute Gasteiger partial charge is 0.230 e. The van der Waals surface area contributed by atoms with Gasteiger partial charge in [0.05, 0.1) is 11.4 Å². The van der Waals surface area contributed by atoms with Crippen LogP contribution in [0, 0.1) is 13.8 Å². The Labute approximate surface area is 144 Å². The number of aromatic nitrogens is 2. The molecule has 1 aliphatic carbocycles. The number of imidazole rings is 1. The van der Waals surface area contributed by atoms with E-state index < -0.39 is 0 Å². The molecule has 1 aromatic heterocycles. The Morgan fingerprint density at radius 2 is 1.91 bits per heavy atom. The summed E-state index contributed by atoms with van der Waals surface area (Å²) in [5.41, 5.74) is 2.36. The number of nitrogens with one attached hydrogen (secondary N) is 1. The third-order valence-electron chi connectivity index (χ3n) is 4.98. The first-order chi connectivity index (χ1) is 11.1. The third kappa shape index (κ3) is 4.75. The summed E-state index contributed by atoms with van der Waals surface area (Å²) in [6, 6.07) is 0.860. The van der Waals surface area contributed by atoms with Gasteiger partial charge >= 0.3 is 0 Å². The summed E-state index contributed by atoms with van der Waals surface area (Å²) in [5.74, 6) is 0.580. The highest BCUT2D eigenvalue weighted by Crippen LogP contribution is 2.34. The number of amides is 1. The molecule has 4 nitrogen and oxygen atoms in total. The predicted octanol–water partition coefficient (Wildman–Crippen LogP) is 4.40. The zero-order valence-corrected chi connectivity index (χ0v) is 15.8. The molecule has 1 saturated carbocycles. The van der Waals surface area contributed by atoms with Crippen molar-refractivity contribution in [3.05, 3.63) is 11.4 Å². The highest BCUT2D eigenvalue weighted by Gasteiger charge is 2.22. The van der Waals surface area contributed by atoms with E-state index in [4.69, 9.17) is 4.98 Å². The lowest BCUT2D eigenvalue weighted by Gasteiger charge is -2.26. The minimum Gasteiger partial charge on any atom is -0.353 e. The van der Waals surface area contributed by atoms with Crippen molar-refractivity contribution in [1.82, 2.24) is 14.9 Å². The zero-order valence-electron chi connectivity index (χ0n) is 15.0. The Hall–Kier alpha value is -0.970. The molecule has 1 fully saturated rings. The SMILES string of the molecule is CCC(CC)NC(=O)CSc1nc(C)c(C)n1C1CCCCC1. The van der Waals surface area contributed by atoms with Crippen LogP contribution >= 0.6 is 11.8 Å². The summed E-state index contributed by atoms with van der Waals surface area (Å²) in [6.45, 7) is 8.46. The first-order valence-electron chi connectivity index (χ1n) is 9.04. The van der Waals surface area contributed by atoms with Crippen LogP contribution in [0.3, 0.4) is 0 Å². The molecule has 0 saturated heterocycles. The molecule has 1 N–H and O–H groups in total. The van der Waals surface area contributed by atoms with Gasteiger partial charge in [0.25, 0.3) is 0 Å². The molecule has 23 heavy (non-hydrogen) atoms. The van der Waals surface area contributed by atoms with E-state index >= 15 is 0 Å². The van der Waals surface area contributed by atoms with Gasteiger partial charge in [-0.15, -0.1) is 0 Å². The molecule has 0 atom stereocenters. The second-order valence-corrected chi connectivity index (χ2v) is 7.54. The van der Waals surface area contributed by atoms with E-state index in [1.165, 1.54) is 37.8 Å². The number of hydrogen-bond acceptors (Lipinski definition) is 3. The molecular formula is C18H31N3OS. The van der Waals surface area contributed by atoms with Crippen molar-refractivity contribution in [3.8, 4) is 0 Å². The maximum Gasteiger partial charge on any atom is 0.230 e. The summed E-state index contributed by atoms with van der Waals surface area (Å²) < 4.78 is 2.39. The molecule has 0 bridgehead atoms. The second-order valence-electron chi connectivity index (χ2n) is 6.60.